The van der Waals surface area contributed by atoms with Gasteiger partial charge in [0.15, 0.2) is 0 Å². The van der Waals surface area contributed by atoms with E-state index in [9.17, 15) is 5.11 Å². The molecule has 0 aliphatic carbocycles. The summed E-state index contributed by atoms with van der Waals surface area (Å²) in [7, 11) is 1.62. The van der Waals surface area contributed by atoms with Crippen LogP contribution in [0.1, 0.15) is 23.0 Å². The molecule has 0 amide bonds. The molecular weight excluding hydrogens is 244 g/mol. The van der Waals surface area contributed by atoms with Gasteiger partial charge in [-0.1, -0.05) is 24.8 Å². The molecule has 0 radical (unpaired) electrons. The van der Waals surface area contributed by atoms with Crippen LogP contribution in [-0.2, 0) is 0 Å². The fourth-order valence-corrected chi connectivity index (χ4v) is 2.49. The Morgan fingerprint density at radius 3 is 2.89 bits per heavy atom. The molecule has 2 rings (SSSR count). The van der Waals surface area contributed by atoms with Gasteiger partial charge in [-0.2, -0.15) is 0 Å². The summed E-state index contributed by atoms with van der Waals surface area (Å²) in [5.41, 5.74) is 1.81. The van der Waals surface area contributed by atoms with E-state index in [1.807, 2.05) is 41.8 Å². The van der Waals surface area contributed by atoms with Crippen molar-refractivity contribution in [2.45, 2.75) is 12.5 Å². The van der Waals surface area contributed by atoms with Gasteiger partial charge in [-0.3, -0.25) is 0 Å². The van der Waals surface area contributed by atoms with E-state index >= 15 is 0 Å². The Hall–Kier alpha value is -1.58. The zero-order valence-electron chi connectivity index (χ0n) is 10.3. The van der Waals surface area contributed by atoms with Crippen molar-refractivity contribution < 1.29 is 9.84 Å². The molecule has 0 aliphatic rings. The fourth-order valence-electron chi connectivity index (χ4n) is 1.78. The molecule has 0 aliphatic heterocycles. The summed E-state index contributed by atoms with van der Waals surface area (Å²) in [4.78, 5) is 1.12. The molecule has 2 aromatic rings. The minimum absolute atomic E-state index is 0.535. The number of ether oxygens (including phenoxy) is 1. The van der Waals surface area contributed by atoms with Gasteiger partial charge in [0.25, 0.3) is 0 Å². The molecule has 0 fully saturated rings. The third kappa shape index (κ3) is 3.00. The molecule has 1 N–H and O–H groups in total. The first kappa shape index (κ1) is 12.9. The van der Waals surface area contributed by atoms with E-state index in [0.29, 0.717) is 6.42 Å². The molecule has 3 heteroatoms. The highest BCUT2D eigenvalue weighted by molar-refractivity contribution is 7.11. The van der Waals surface area contributed by atoms with Crippen molar-refractivity contribution in [3.05, 3.63) is 58.8 Å². The molecule has 0 saturated carbocycles. The number of benzene rings is 1. The lowest BCUT2D eigenvalue weighted by atomic mass is 10.0. The van der Waals surface area contributed by atoms with Gasteiger partial charge in [0.2, 0.25) is 0 Å². The number of thiophene rings is 1. The molecule has 1 aromatic carbocycles. The average Bonchev–Trinajstić information content (AvgIpc) is 2.92. The topological polar surface area (TPSA) is 29.5 Å². The van der Waals surface area contributed by atoms with Crippen molar-refractivity contribution >= 4 is 16.9 Å². The zero-order valence-corrected chi connectivity index (χ0v) is 11.1. The summed E-state index contributed by atoms with van der Waals surface area (Å²) in [6.07, 6.45) is -0.0112. The summed E-state index contributed by atoms with van der Waals surface area (Å²) in [5, 5.41) is 12.2. The van der Waals surface area contributed by atoms with Crippen molar-refractivity contribution in [2.75, 3.05) is 7.11 Å². The Labute approximate surface area is 111 Å². The molecule has 1 heterocycles. The third-order valence-corrected chi connectivity index (χ3v) is 3.76. The van der Waals surface area contributed by atoms with Crippen LogP contribution in [0.2, 0.25) is 0 Å². The summed E-state index contributed by atoms with van der Waals surface area (Å²) in [6.45, 7) is 4.02. The Bertz CT molecular complexity index is 517. The van der Waals surface area contributed by atoms with Gasteiger partial charge >= 0.3 is 0 Å². The van der Waals surface area contributed by atoms with Crippen LogP contribution < -0.4 is 4.74 Å². The van der Waals surface area contributed by atoms with E-state index in [1.54, 1.807) is 18.4 Å². The number of methoxy groups -OCH3 is 1. The lowest BCUT2D eigenvalue weighted by Crippen LogP contribution is -1.98. The normalized spacial score (nSPS) is 12.1. The highest BCUT2D eigenvalue weighted by atomic mass is 32.1. The second-order valence-corrected chi connectivity index (χ2v) is 5.03. The van der Waals surface area contributed by atoms with Crippen LogP contribution in [-0.4, -0.2) is 12.2 Å². The number of aliphatic hydroxyl groups excluding tert-OH is 1. The Kier molecular flexibility index (Phi) is 4.18. The van der Waals surface area contributed by atoms with Gasteiger partial charge in [-0.05, 0) is 34.7 Å². The Morgan fingerprint density at radius 2 is 2.22 bits per heavy atom. The molecule has 18 heavy (non-hydrogen) atoms. The Morgan fingerprint density at radius 1 is 1.39 bits per heavy atom. The third-order valence-electron chi connectivity index (χ3n) is 2.79. The Balaban J connectivity index is 2.07. The van der Waals surface area contributed by atoms with E-state index in [2.05, 4.69) is 6.58 Å². The second kappa shape index (κ2) is 5.85. The van der Waals surface area contributed by atoms with E-state index < -0.39 is 6.10 Å². The first-order chi connectivity index (χ1) is 8.70. The van der Waals surface area contributed by atoms with Crippen molar-refractivity contribution in [3.63, 3.8) is 0 Å². The van der Waals surface area contributed by atoms with E-state index in [4.69, 9.17) is 4.74 Å². The molecule has 0 spiro atoms. The minimum atomic E-state index is -0.547. The molecule has 0 bridgehead atoms. The maximum atomic E-state index is 10.2. The van der Waals surface area contributed by atoms with Crippen molar-refractivity contribution in [3.8, 4) is 5.75 Å². The van der Waals surface area contributed by atoms with Gasteiger partial charge in [0.05, 0.1) is 13.2 Å². The summed E-state index contributed by atoms with van der Waals surface area (Å²) < 4.78 is 5.15. The van der Waals surface area contributed by atoms with Crippen LogP contribution in [0.4, 0.5) is 0 Å². The monoisotopic (exact) mass is 260 g/mol. The van der Waals surface area contributed by atoms with Crippen LogP contribution in [0.15, 0.2) is 48.4 Å². The average molecular weight is 260 g/mol. The van der Waals surface area contributed by atoms with Crippen LogP contribution in [0.3, 0.4) is 0 Å². The standard InChI is InChI=1S/C15H16O2S/c1-11(15-7-4-8-18-15)9-14(16)12-5-3-6-13(10-12)17-2/h3-8,10,14,16H,1,9H2,2H3. The van der Waals surface area contributed by atoms with E-state index in [1.165, 1.54) is 0 Å². The lowest BCUT2D eigenvalue weighted by Gasteiger charge is -2.13. The van der Waals surface area contributed by atoms with Crippen molar-refractivity contribution in [1.29, 1.82) is 0 Å². The molecule has 94 valence electrons. The molecular formula is C15H16O2S. The van der Waals surface area contributed by atoms with Gasteiger partial charge in [0, 0.05) is 11.3 Å². The smallest absolute Gasteiger partial charge is 0.119 e. The van der Waals surface area contributed by atoms with Gasteiger partial charge < -0.3 is 9.84 Å². The van der Waals surface area contributed by atoms with Crippen LogP contribution in [0.5, 0.6) is 5.75 Å². The number of hydrogen-bond donors (Lipinski definition) is 1. The molecule has 1 atom stereocenters. The molecule has 1 unspecified atom stereocenters. The maximum Gasteiger partial charge on any atom is 0.119 e. The molecule has 2 nitrogen and oxygen atoms in total. The van der Waals surface area contributed by atoms with Gasteiger partial charge in [-0.15, -0.1) is 11.3 Å². The quantitative estimate of drug-likeness (QED) is 0.883. The first-order valence-electron chi connectivity index (χ1n) is 5.74. The molecule has 1 aromatic heterocycles. The van der Waals surface area contributed by atoms with E-state index in [-0.39, 0.29) is 0 Å². The largest absolute Gasteiger partial charge is 0.497 e. The van der Waals surface area contributed by atoms with Crippen LogP contribution in [0, 0.1) is 0 Å². The van der Waals surface area contributed by atoms with Crippen LogP contribution in [0.25, 0.3) is 5.57 Å². The SMILES string of the molecule is C=C(CC(O)c1cccc(OC)c1)c1cccs1. The highest BCUT2D eigenvalue weighted by Gasteiger charge is 2.11. The zero-order chi connectivity index (χ0) is 13.0. The van der Waals surface area contributed by atoms with Gasteiger partial charge in [0.1, 0.15) is 5.75 Å². The summed E-state index contributed by atoms with van der Waals surface area (Å²) in [5.74, 6) is 0.758. The predicted octanol–water partition coefficient (Wildman–Crippen LogP) is 3.89. The molecule has 0 saturated heterocycles. The first-order valence-corrected chi connectivity index (χ1v) is 6.62. The predicted molar refractivity (Wildman–Crippen MR) is 75.9 cm³/mol. The maximum absolute atomic E-state index is 10.2. The number of hydrogen-bond acceptors (Lipinski definition) is 3. The lowest BCUT2D eigenvalue weighted by molar-refractivity contribution is 0.184. The summed E-state index contributed by atoms with van der Waals surface area (Å²) >= 11 is 1.64. The van der Waals surface area contributed by atoms with Crippen molar-refractivity contribution in [1.82, 2.24) is 0 Å². The second-order valence-electron chi connectivity index (χ2n) is 4.08. The van der Waals surface area contributed by atoms with Crippen LogP contribution >= 0.6 is 11.3 Å². The van der Waals surface area contributed by atoms with Crippen molar-refractivity contribution in [2.24, 2.45) is 0 Å². The number of rotatable bonds is 5. The fraction of sp³-hybridized carbons (Fsp3) is 0.200. The highest BCUT2D eigenvalue weighted by Crippen LogP contribution is 2.29. The number of aliphatic hydroxyl groups is 1. The van der Waals surface area contributed by atoms with E-state index in [0.717, 1.165) is 21.8 Å². The van der Waals surface area contributed by atoms with Gasteiger partial charge in [-0.25, -0.2) is 0 Å². The minimum Gasteiger partial charge on any atom is -0.497 e. The summed E-state index contributed by atoms with van der Waals surface area (Å²) in [6, 6.07) is 11.5.